The Morgan fingerprint density at radius 3 is 2.21 bits per heavy atom. The van der Waals surface area contributed by atoms with Crippen molar-refractivity contribution in [3.8, 4) is 11.1 Å². The molecule has 0 heterocycles. The Bertz CT molecular complexity index is 734. The van der Waals surface area contributed by atoms with Crippen LogP contribution in [0.3, 0.4) is 0 Å². The first-order chi connectivity index (χ1) is 11.6. The molecular weight excluding hydrogens is 302 g/mol. The zero-order chi connectivity index (χ0) is 16.7. The van der Waals surface area contributed by atoms with Crippen molar-refractivity contribution < 1.29 is 14.6 Å². The highest BCUT2D eigenvalue weighted by molar-refractivity contribution is 5.79. The lowest BCUT2D eigenvalue weighted by Crippen LogP contribution is -2.44. The molecule has 2 aliphatic carbocycles. The van der Waals surface area contributed by atoms with Gasteiger partial charge in [-0.25, -0.2) is 4.79 Å². The topological polar surface area (TPSA) is 58.6 Å². The first-order valence-corrected chi connectivity index (χ1v) is 8.42. The van der Waals surface area contributed by atoms with E-state index in [1.807, 2.05) is 24.3 Å². The number of nitrogens with one attached hydrogen (secondary N) is 1. The van der Waals surface area contributed by atoms with Gasteiger partial charge in [0.05, 0.1) is 11.6 Å². The van der Waals surface area contributed by atoms with Crippen LogP contribution < -0.4 is 5.32 Å². The minimum atomic E-state index is -0.557. The van der Waals surface area contributed by atoms with E-state index in [4.69, 9.17) is 4.74 Å². The van der Waals surface area contributed by atoms with Gasteiger partial charge in [0.2, 0.25) is 0 Å². The van der Waals surface area contributed by atoms with E-state index in [1.54, 1.807) is 6.92 Å². The number of amides is 1. The highest BCUT2D eigenvalue weighted by Gasteiger charge is 2.48. The van der Waals surface area contributed by atoms with Gasteiger partial charge in [-0.2, -0.15) is 0 Å². The molecule has 4 heteroatoms. The van der Waals surface area contributed by atoms with Gasteiger partial charge in [-0.1, -0.05) is 48.5 Å². The van der Waals surface area contributed by atoms with Gasteiger partial charge in [0.15, 0.2) is 0 Å². The number of rotatable bonds is 4. The van der Waals surface area contributed by atoms with Crippen molar-refractivity contribution in [2.24, 2.45) is 0 Å². The van der Waals surface area contributed by atoms with Crippen LogP contribution in [-0.2, 0) is 4.74 Å². The molecular formula is C20H21NO3. The summed E-state index contributed by atoms with van der Waals surface area (Å²) < 4.78 is 5.50. The maximum atomic E-state index is 12.1. The van der Waals surface area contributed by atoms with E-state index >= 15 is 0 Å². The van der Waals surface area contributed by atoms with Gasteiger partial charge in [-0.15, -0.1) is 0 Å². The predicted molar refractivity (Wildman–Crippen MR) is 91.9 cm³/mol. The van der Waals surface area contributed by atoms with Crippen LogP contribution in [0, 0.1) is 0 Å². The minimum absolute atomic E-state index is 0.0600. The second kappa shape index (κ2) is 5.64. The Morgan fingerprint density at radius 2 is 1.71 bits per heavy atom. The minimum Gasteiger partial charge on any atom is -0.449 e. The van der Waals surface area contributed by atoms with Gasteiger partial charge in [0, 0.05) is 5.92 Å². The number of fused-ring (bicyclic) bond motifs is 3. The maximum absolute atomic E-state index is 12.1. The van der Waals surface area contributed by atoms with Crippen LogP contribution in [0.2, 0.25) is 0 Å². The standard InChI is InChI=1S/C20H21NO3/c1-13(22)20(10-11-20)21-19(23)24-12-18-16-8-4-2-6-14(16)15-7-3-5-9-17(15)18/h2-9,13,18,22H,10-12H2,1H3,(H,21,23). The average Bonchev–Trinajstić information content (AvgIpc) is 3.30. The van der Waals surface area contributed by atoms with E-state index in [2.05, 4.69) is 29.6 Å². The number of carbonyl (C=O) groups is 1. The van der Waals surface area contributed by atoms with Gasteiger partial charge < -0.3 is 15.2 Å². The van der Waals surface area contributed by atoms with Crippen LogP contribution in [0.1, 0.15) is 36.8 Å². The molecule has 1 amide bonds. The molecule has 0 bridgehead atoms. The van der Waals surface area contributed by atoms with Crippen molar-refractivity contribution in [2.45, 2.75) is 37.3 Å². The molecule has 0 saturated heterocycles. The third-order valence-corrected chi connectivity index (χ3v) is 5.28. The van der Waals surface area contributed by atoms with Crippen LogP contribution >= 0.6 is 0 Å². The smallest absolute Gasteiger partial charge is 0.407 e. The third-order valence-electron chi connectivity index (χ3n) is 5.28. The first-order valence-electron chi connectivity index (χ1n) is 8.42. The monoisotopic (exact) mass is 323 g/mol. The molecule has 0 aromatic heterocycles. The summed E-state index contributed by atoms with van der Waals surface area (Å²) in [6.45, 7) is 2.01. The summed E-state index contributed by atoms with van der Waals surface area (Å²) in [6.07, 6.45) is 0.595. The average molecular weight is 323 g/mol. The number of aliphatic hydroxyl groups is 1. The Hall–Kier alpha value is -2.33. The Morgan fingerprint density at radius 1 is 1.17 bits per heavy atom. The van der Waals surface area contributed by atoms with Gasteiger partial charge in [0.1, 0.15) is 6.61 Å². The molecule has 0 radical (unpaired) electrons. The number of hydrogen-bond acceptors (Lipinski definition) is 3. The molecule has 1 unspecified atom stereocenters. The number of aliphatic hydroxyl groups excluding tert-OH is 1. The fraction of sp³-hybridized carbons (Fsp3) is 0.350. The summed E-state index contributed by atoms with van der Waals surface area (Å²) in [6, 6.07) is 16.5. The largest absolute Gasteiger partial charge is 0.449 e. The summed E-state index contributed by atoms with van der Waals surface area (Å²) in [4.78, 5) is 12.1. The van der Waals surface area contributed by atoms with Crippen molar-refractivity contribution in [1.29, 1.82) is 0 Å². The summed E-state index contributed by atoms with van der Waals surface area (Å²) >= 11 is 0. The number of ether oxygens (including phenoxy) is 1. The van der Waals surface area contributed by atoms with E-state index < -0.39 is 17.7 Å². The Kier molecular flexibility index (Phi) is 3.57. The van der Waals surface area contributed by atoms with Gasteiger partial charge in [-0.05, 0) is 42.0 Å². The number of carbonyl (C=O) groups excluding carboxylic acids is 1. The summed E-state index contributed by atoms with van der Waals surface area (Å²) in [7, 11) is 0. The SMILES string of the molecule is CC(O)C1(NC(=O)OCC2c3ccccc3-c3ccccc32)CC1. The van der Waals surface area contributed by atoms with Crippen LogP contribution in [-0.4, -0.2) is 29.4 Å². The van der Waals surface area contributed by atoms with E-state index in [9.17, 15) is 9.90 Å². The zero-order valence-corrected chi connectivity index (χ0v) is 13.7. The molecule has 4 nitrogen and oxygen atoms in total. The molecule has 0 spiro atoms. The van der Waals surface area contributed by atoms with Gasteiger partial charge in [-0.3, -0.25) is 0 Å². The lowest BCUT2D eigenvalue weighted by Gasteiger charge is -2.21. The zero-order valence-electron chi connectivity index (χ0n) is 13.7. The third kappa shape index (κ3) is 2.47. The second-order valence-corrected chi connectivity index (χ2v) is 6.78. The Balaban J connectivity index is 1.50. The van der Waals surface area contributed by atoms with Crippen molar-refractivity contribution in [2.75, 3.05) is 6.61 Å². The fourth-order valence-corrected chi connectivity index (χ4v) is 3.62. The molecule has 1 fully saturated rings. The molecule has 2 aliphatic rings. The van der Waals surface area contributed by atoms with Crippen LogP contribution in [0.5, 0.6) is 0 Å². The summed E-state index contributed by atoms with van der Waals surface area (Å²) in [5.74, 6) is 0.0600. The molecule has 2 aromatic carbocycles. The van der Waals surface area contributed by atoms with E-state index in [0.717, 1.165) is 12.8 Å². The number of alkyl carbamates (subject to hydrolysis) is 1. The summed E-state index contributed by atoms with van der Waals surface area (Å²) in [5.41, 5.74) is 4.34. The van der Waals surface area contributed by atoms with Crippen LogP contribution in [0.4, 0.5) is 4.79 Å². The van der Waals surface area contributed by atoms with Crippen molar-refractivity contribution in [3.05, 3.63) is 59.7 Å². The number of benzene rings is 2. The second-order valence-electron chi connectivity index (χ2n) is 6.78. The number of hydrogen-bond donors (Lipinski definition) is 2. The fourth-order valence-electron chi connectivity index (χ4n) is 3.62. The molecule has 1 atom stereocenters. The molecule has 1 saturated carbocycles. The molecule has 124 valence electrons. The van der Waals surface area contributed by atoms with Crippen molar-refractivity contribution >= 4 is 6.09 Å². The quantitative estimate of drug-likeness (QED) is 0.906. The van der Waals surface area contributed by atoms with Crippen molar-refractivity contribution in [3.63, 3.8) is 0 Å². The molecule has 4 rings (SSSR count). The molecule has 2 aromatic rings. The molecule has 2 N–H and O–H groups in total. The van der Waals surface area contributed by atoms with Gasteiger partial charge in [0.25, 0.3) is 0 Å². The first kappa shape index (κ1) is 15.2. The molecule has 0 aliphatic heterocycles. The maximum Gasteiger partial charge on any atom is 0.407 e. The van der Waals surface area contributed by atoms with Crippen LogP contribution in [0.25, 0.3) is 11.1 Å². The highest BCUT2D eigenvalue weighted by Crippen LogP contribution is 2.44. The van der Waals surface area contributed by atoms with Crippen molar-refractivity contribution in [1.82, 2.24) is 5.32 Å². The predicted octanol–water partition coefficient (Wildman–Crippen LogP) is 3.44. The van der Waals surface area contributed by atoms with E-state index in [1.165, 1.54) is 22.3 Å². The summed E-state index contributed by atoms with van der Waals surface area (Å²) in [5, 5.41) is 12.6. The van der Waals surface area contributed by atoms with E-state index in [0.29, 0.717) is 6.61 Å². The highest BCUT2D eigenvalue weighted by atomic mass is 16.5. The Labute approximate surface area is 141 Å². The molecule has 24 heavy (non-hydrogen) atoms. The van der Waals surface area contributed by atoms with Gasteiger partial charge >= 0.3 is 6.09 Å². The lowest BCUT2D eigenvalue weighted by atomic mass is 9.98. The normalized spacial score (nSPS) is 18.4. The van der Waals surface area contributed by atoms with E-state index in [-0.39, 0.29) is 5.92 Å². The lowest BCUT2D eigenvalue weighted by molar-refractivity contribution is 0.104. The van der Waals surface area contributed by atoms with Crippen LogP contribution in [0.15, 0.2) is 48.5 Å².